The Morgan fingerprint density at radius 1 is 1.11 bits per heavy atom. The number of nitrogens with one attached hydrogen (secondary N) is 1. The van der Waals surface area contributed by atoms with Crippen molar-refractivity contribution in [2.45, 2.75) is 39.2 Å². The standard InChI is InChI=1S/C20H31N3O3.HI/c1-5-21-19(23-12-11-20(14-23)9-6-10-20)22-13-15-7-8-16(24-2)18(26-4)17(15)25-3;/h7-8H,5-6,9-14H2,1-4H3,(H,21,22);1H. The van der Waals surface area contributed by atoms with Gasteiger partial charge in [-0.1, -0.05) is 6.42 Å². The van der Waals surface area contributed by atoms with Crippen LogP contribution < -0.4 is 19.5 Å². The molecule has 2 fully saturated rings. The van der Waals surface area contributed by atoms with Crippen LogP contribution in [0.5, 0.6) is 17.2 Å². The molecule has 1 spiro atoms. The monoisotopic (exact) mass is 489 g/mol. The van der Waals surface area contributed by atoms with Gasteiger partial charge in [0.15, 0.2) is 17.5 Å². The van der Waals surface area contributed by atoms with E-state index < -0.39 is 0 Å². The summed E-state index contributed by atoms with van der Waals surface area (Å²) in [5.41, 5.74) is 1.54. The Bertz CT molecular complexity index is 662. The fourth-order valence-corrected chi connectivity index (χ4v) is 4.07. The van der Waals surface area contributed by atoms with Crippen LogP contribution in [0.2, 0.25) is 0 Å². The normalized spacial score (nSPS) is 17.9. The van der Waals surface area contributed by atoms with Crippen molar-refractivity contribution in [3.05, 3.63) is 17.7 Å². The molecule has 0 radical (unpaired) electrons. The van der Waals surface area contributed by atoms with Crippen molar-refractivity contribution >= 4 is 29.9 Å². The zero-order valence-corrected chi connectivity index (χ0v) is 19.2. The molecule has 1 aliphatic carbocycles. The number of guanidine groups is 1. The van der Waals surface area contributed by atoms with Gasteiger partial charge in [0.2, 0.25) is 5.75 Å². The molecule has 1 N–H and O–H groups in total. The summed E-state index contributed by atoms with van der Waals surface area (Å²) >= 11 is 0. The average molecular weight is 489 g/mol. The van der Waals surface area contributed by atoms with Gasteiger partial charge < -0.3 is 24.4 Å². The maximum Gasteiger partial charge on any atom is 0.203 e. The molecule has 0 atom stereocenters. The maximum absolute atomic E-state index is 5.58. The first kappa shape index (κ1) is 21.9. The highest BCUT2D eigenvalue weighted by Gasteiger charge is 2.43. The number of likely N-dealkylation sites (tertiary alicyclic amines) is 1. The van der Waals surface area contributed by atoms with E-state index in [9.17, 15) is 0 Å². The van der Waals surface area contributed by atoms with Gasteiger partial charge in [0.05, 0.1) is 27.9 Å². The highest BCUT2D eigenvalue weighted by Crippen LogP contribution is 2.48. The summed E-state index contributed by atoms with van der Waals surface area (Å²) in [5.74, 6) is 2.95. The Kier molecular flexibility index (Phi) is 7.88. The first-order chi connectivity index (χ1) is 12.7. The van der Waals surface area contributed by atoms with Crippen molar-refractivity contribution < 1.29 is 14.2 Å². The van der Waals surface area contributed by atoms with Gasteiger partial charge in [-0.15, -0.1) is 24.0 Å². The molecule has 1 saturated carbocycles. The van der Waals surface area contributed by atoms with Gasteiger partial charge in [-0.3, -0.25) is 0 Å². The Morgan fingerprint density at radius 2 is 1.85 bits per heavy atom. The van der Waals surface area contributed by atoms with E-state index in [1.165, 1.54) is 25.7 Å². The van der Waals surface area contributed by atoms with E-state index >= 15 is 0 Å². The van der Waals surface area contributed by atoms with Crippen molar-refractivity contribution in [1.29, 1.82) is 0 Å². The van der Waals surface area contributed by atoms with Crippen molar-refractivity contribution in [2.24, 2.45) is 10.4 Å². The molecule has 0 bridgehead atoms. The molecule has 2 aliphatic rings. The molecular weight excluding hydrogens is 457 g/mol. The molecule has 1 aliphatic heterocycles. The Hall–Kier alpha value is -1.38. The molecule has 0 amide bonds. The topological polar surface area (TPSA) is 55.3 Å². The van der Waals surface area contributed by atoms with Crippen LogP contribution in [0.4, 0.5) is 0 Å². The number of aliphatic imine (C=N–C) groups is 1. The first-order valence-corrected chi connectivity index (χ1v) is 9.47. The number of halogens is 1. The highest BCUT2D eigenvalue weighted by molar-refractivity contribution is 14.0. The van der Waals surface area contributed by atoms with Gasteiger partial charge >= 0.3 is 0 Å². The third-order valence-electron chi connectivity index (χ3n) is 5.67. The lowest BCUT2D eigenvalue weighted by atomic mass is 9.68. The number of hydrogen-bond acceptors (Lipinski definition) is 4. The van der Waals surface area contributed by atoms with E-state index in [4.69, 9.17) is 19.2 Å². The maximum atomic E-state index is 5.58. The SMILES string of the molecule is CCNC(=NCc1ccc(OC)c(OC)c1OC)N1CCC2(CCC2)C1.I. The average Bonchev–Trinajstić information content (AvgIpc) is 3.10. The second-order valence-electron chi connectivity index (χ2n) is 7.19. The van der Waals surface area contributed by atoms with Gasteiger partial charge in [-0.05, 0) is 43.7 Å². The number of rotatable bonds is 6. The molecule has 152 valence electrons. The lowest BCUT2D eigenvalue weighted by Crippen LogP contribution is -2.42. The van der Waals surface area contributed by atoms with Crippen molar-refractivity contribution in [2.75, 3.05) is 41.0 Å². The van der Waals surface area contributed by atoms with E-state index in [1.807, 2.05) is 12.1 Å². The number of methoxy groups -OCH3 is 3. The lowest BCUT2D eigenvalue weighted by molar-refractivity contribution is 0.151. The molecule has 7 heteroatoms. The first-order valence-electron chi connectivity index (χ1n) is 9.47. The van der Waals surface area contributed by atoms with E-state index in [1.54, 1.807) is 21.3 Å². The van der Waals surface area contributed by atoms with Crippen molar-refractivity contribution in [3.63, 3.8) is 0 Å². The molecular formula is C20H32IN3O3. The van der Waals surface area contributed by atoms with Crippen LogP contribution in [-0.2, 0) is 6.54 Å². The van der Waals surface area contributed by atoms with Gasteiger partial charge in [-0.25, -0.2) is 4.99 Å². The third-order valence-corrected chi connectivity index (χ3v) is 5.67. The Morgan fingerprint density at radius 3 is 2.37 bits per heavy atom. The second-order valence-corrected chi connectivity index (χ2v) is 7.19. The number of benzene rings is 1. The van der Waals surface area contributed by atoms with Crippen molar-refractivity contribution in [1.82, 2.24) is 10.2 Å². The molecule has 3 rings (SSSR count). The number of nitrogens with zero attached hydrogens (tertiary/aromatic N) is 2. The van der Waals surface area contributed by atoms with Crippen LogP contribution in [0.1, 0.15) is 38.2 Å². The fraction of sp³-hybridized carbons (Fsp3) is 0.650. The Labute approximate surface area is 179 Å². The summed E-state index contributed by atoms with van der Waals surface area (Å²) in [6.07, 6.45) is 5.40. The fourth-order valence-electron chi connectivity index (χ4n) is 4.07. The van der Waals surface area contributed by atoms with Crippen LogP contribution >= 0.6 is 24.0 Å². The highest BCUT2D eigenvalue weighted by atomic mass is 127. The van der Waals surface area contributed by atoms with Gasteiger partial charge in [0.1, 0.15) is 0 Å². The van der Waals surface area contributed by atoms with E-state index in [-0.39, 0.29) is 24.0 Å². The molecule has 1 aromatic rings. The summed E-state index contributed by atoms with van der Waals surface area (Å²) in [4.78, 5) is 7.30. The van der Waals surface area contributed by atoms with Crippen LogP contribution in [0, 0.1) is 5.41 Å². The summed E-state index contributed by atoms with van der Waals surface area (Å²) in [7, 11) is 4.90. The van der Waals surface area contributed by atoms with Crippen LogP contribution in [-0.4, -0.2) is 51.8 Å². The minimum atomic E-state index is 0. The number of hydrogen-bond donors (Lipinski definition) is 1. The summed E-state index contributed by atoms with van der Waals surface area (Å²) < 4.78 is 16.4. The Balaban J connectivity index is 0.00000261. The summed E-state index contributed by atoms with van der Waals surface area (Å²) in [6.45, 7) is 5.74. The quantitative estimate of drug-likeness (QED) is 0.376. The third kappa shape index (κ3) is 4.55. The number of ether oxygens (including phenoxy) is 3. The second kappa shape index (κ2) is 9.71. The van der Waals surface area contributed by atoms with E-state index in [0.29, 0.717) is 29.2 Å². The van der Waals surface area contributed by atoms with Crippen LogP contribution in [0.15, 0.2) is 17.1 Å². The molecule has 27 heavy (non-hydrogen) atoms. The van der Waals surface area contributed by atoms with Crippen molar-refractivity contribution in [3.8, 4) is 17.2 Å². The predicted octanol–water partition coefficient (Wildman–Crippen LogP) is 3.67. The van der Waals surface area contributed by atoms with Gasteiger partial charge in [0.25, 0.3) is 0 Å². The van der Waals surface area contributed by atoms with Gasteiger partial charge in [-0.2, -0.15) is 0 Å². The largest absolute Gasteiger partial charge is 0.493 e. The predicted molar refractivity (Wildman–Crippen MR) is 119 cm³/mol. The smallest absolute Gasteiger partial charge is 0.203 e. The van der Waals surface area contributed by atoms with E-state index in [2.05, 4.69) is 17.1 Å². The minimum Gasteiger partial charge on any atom is -0.493 e. The zero-order chi connectivity index (χ0) is 18.6. The lowest BCUT2D eigenvalue weighted by Gasteiger charge is -2.38. The molecule has 1 aromatic carbocycles. The molecule has 0 aromatic heterocycles. The summed E-state index contributed by atoms with van der Waals surface area (Å²) in [6, 6.07) is 3.89. The zero-order valence-electron chi connectivity index (χ0n) is 16.8. The molecule has 0 unspecified atom stereocenters. The van der Waals surface area contributed by atoms with E-state index in [0.717, 1.165) is 31.2 Å². The molecule has 1 saturated heterocycles. The van der Waals surface area contributed by atoms with Gasteiger partial charge in [0, 0.05) is 25.2 Å². The van der Waals surface area contributed by atoms with Crippen LogP contribution in [0.3, 0.4) is 0 Å². The van der Waals surface area contributed by atoms with Crippen LogP contribution in [0.25, 0.3) is 0 Å². The molecule has 1 heterocycles. The molecule has 6 nitrogen and oxygen atoms in total. The minimum absolute atomic E-state index is 0. The summed E-state index contributed by atoms with van der Waals surface area (Å²) in [5, 5.41) is 3.45.